The molecule has 7 heteroatoms. The molecular formula is C23H32N4O3. The summed E-state index contributed by atoms with van der Waals surface area (Å²) in [6.07, 6.45) is 5.67. The van der Waals surface area contributed by atoms with Gasteiger partial charge in [0.25, 0.3) is 5.91 Å². The molecule has 1 amide bonds. The van der Waals surface area contributed by atoms with Gasteiger partial charge in [0.1, 0.15) is 5.76 Å². The highest BCUT2D eigenvalue weighted by molar-refractivity contribution is 5.94. The van der Waals surface area contributed by atoms with E-state index in [-0.39, 0.29) is 12.0 Å². The predicted molar refractivity (Wildman–Crippen MR) is 118 cm³/mol. The number of nitrogens with one attached hydrogen (secondary N) is 2. The van der Waals surface area contributed by atoms with E-state index in [1.54, 1.807) is 25.3 Å². The van der Waals surface area contributed by atoms with Crippen molar-refractivity contribution in [1.82, 2.24) is 15.5 Å². The molecule has 0 radical (unpaired) electrons. The Kier molecular flexibility index (Phi) is 8.32. The van der Waals surface area contributed by atoms with Gasteiger partial charge in [-0.3, -0.25) is 9.79 Å². The van der Waals surface area contributed by atoms with Crippen LogP contribution in [0.1, 0.15) is 34.5 Å². The van der Waals surface area contributed by atoms with Gasteiger partial charge in [0.2, 0.25) is 0 Å². The molecule has 1 fully saturated rings. The summed E-state index contributed by atoms with van der Waals surface area (Å²) >= 11 is 0. The first-order chi connectivity index (χ1) is 14.6. The zero-order chi connectivity index (χ0) is 21.2. The van der Waals surface area contributed by atoms with E-state index in [1.807, 2.05) is 36.4 Å². The molecule has 0 aliphatic carbocycles. The van der Waals surface area contributed by atoms with Crippen LogP contribution in [0.2, 0.25) is 0 Å². The number of aliphatic imine (C=N–C) groups is 1. The molecule has 7 nitrogen and oxygen atoms in total. The fourth-order valence-corrected chi connectivity index (χ4v) is 3.36. The zero-order valence-electron chi connectivity index (χ0n) is 17.9. The third kappa shape index (κ3) is 6.91. The van der Waals surface area contributed by atoms with E-state index in [2.05, 4.69) is 10.6 Å². The maximum atomic E-state index is 12.2. The molecule has 1 aliphatic rings. The lowest BCUT2D eigenvalue weighted by atomic mass is 10.1. The van der Waals surface area contributed by atoms with E-state index >= 15 is 0 Å². The topological polar surface area (TPSA) is 79.1 Å². The van der Waals surface area contributed by atoms with Gasteiger partial charge in [-0.15, -0.1) is 0 Å². The number of nitrogens with zero attached hydrogens (tertiary/aromatic N) is 2. The van der Waals surface area contributed by atoms with Crippen LogP contribution in [0.5, 0.6) is 0 Å². The third-order valence-electron chi connectivity index (χ3n) is 5.01. The second-order valence-electron chi connectivity index (χ2n) is 7.66. The highest BCUT2D eigenvalue weighted by Gasteiger charge is 2.15. The van der Waals surface area contributed by atoms with Crippen LogP contribution in [-0.4, -0.2) is 63.2 Å². The van der Waals surface area contributed by atoms with Crippen LogP contribution in [0, 0.1) is 0 Å². The minimum atomic E-state index is 0.0169. The van der Waals surface area contributed by atoms with Crippen molar-refractivity contribution in [2.45, 2.75) is 31.8 Å². The number of hydrogen-bond acceptors (Lipinski definition) is 4. The normalized spacial score (nSPS) is 16.5. The second kappa shape index (κ2) is 11.4. The summed E-state index contributed by atoms with van der Waals surface area (Å²) < 4.78 is 11.1. The van der Waals surface area contributed by atoms with Crippen LogP contribution in [0.25, 0.3) is 0 Å². The van der Waals surface area contributed by atoms with Gasteiger partial charge >= 0.3 is 0 Å². The first-order valence-corrected chi connectivity index (χ1v) is 10.6. The highest BCUT2D eigenvalue weighted by atomic mass is 16.5. The summed E-state index contributed by atoms with van der Waals surface area (Å²) in [4.78, 5) is 18.5. The number of furan rings is 1. The van der Waals surface area contributed by atoms with Crippen molar-refractivity contribution in [2.24, 2.45) is 4.99 Å². The maximum Gasteiger partial charge on any atom is 0.253 e. The molecule has 0 saturated carbocycles. The summed E-state index contributed by atoms with van der Waals surface area (Å²) in [6.45, 7) is 2.94. The zero-order valence-corrected chi connectivity index (χ0v) is 17.9. The first kappa shape index (κ1) is 21.9. The molecule has 1 atom stereocenters. The number of benzene rings is 1. The van der Waals surface area contributed by atoms with Gasteiger partial charge in [-0.25, -0.2) is 0 Å². The van der Waals surface area contributed by atoms with Crippen molar-refractivity contribution in [3.05, 3.63) is 59.5 Å². The van der Waals surface area contributed by atoms with Crippen LogP contribution in [0.4, 0.5) is 0 Å². The van der Waals surface area contributed by atoms with Gasteiger partial charge in [-0.2, -0.15) is 0 Å². The average molecular weight is 413 g/mol. The monoisotopic (exact) mass is 412 g/mol. The number of guanidine groups is 1. The van der Waals surface area contributed by atoms with Gasteiger partial charge in [-0.1, -0.05) is 12.1 Å². The quantitative estimate of drug-likeness (QED) is 0.489. The standard InChI is InChI=1S/C23H32N4O3/c1-27(2)22(28)19-7-3-6-18(16-19)10-12-24-23(26-17-21-9-5-15-30-21)25-13-11-20-8-4-14-29-20/h3-4,6-8,14,16,21H,5,9-13,15,17H2,1-2H3,(H2,24,25,26). The number of rotatable bonds is 9. The molecule has 1 aromatic carbocycles. The Hall–Kier alpha value is -2.80. The Morgan fingerprint density at radius 2 is 2.00 bits per heavy atom. The van der Waals surface area contributed by atoms with E-state index in [0.717, 1.165) is 62.7 Å². The summed E-state index contributed by atoms with van der Waals surface area (Å²) in [5, 5.41) is 6.78. The minimum Gasteiger partial charge on any atom is -0.469 e. The molecule has 1 aromatic heterocycles. The number of carbonyl (C=O) groups is 1. The van der Waals surface area contributed by atoms with Crippen molar-refractivity contribution >= 4 is 11.9 Å². The number of hydrogen-bond donors (Lipinski definition) is 2. The van der Waals surface area contributed by atoms with Crippen molar-refractivity contribution < 1.29 is 13.9 Å². The van der Waals surface area contributed by atoms with E-state index in [9.17, 15) is 4.79 Å². The predicted octanol–water partition coefficient (Wildman–Crippen LogP) is 2.48. The van der Waals surface area contributed by atoms with E-state index < -0.39 is 0 Å². The van der Waals surface area contributed by atoms with Gasteiger partial charge in [-0.05, 0) is 49.1 Å². The Labute approximate surface area is 178 Å². The summed E-state index contributed by atoms with van der Waals surface area (Å²) in [5.41, 5.74) is 1.82. The Morgan fingerprint density at radius 3 is 2.70 bits per heavy atom. The second-order valence-corrected chi connectivity index (χ2v) is 7.66. The molecule has 2 N–H and O–H groups in total. The Balaban J connectivity index is 1.52. The largest absolute Gasteiger partial charge is 0.469 e. The fraction of sp³-hybridized carbons (Fsp3) is 0.478. The fourth-order valence-electron chi connectivity index (χ4n) is 3.36. The van der Waals surface area contributed by atoms with Crippen LogP contribution >= 0.6 is 0 Å². The lowest BCUT2D eigenvalue weighted by molar-refractivity contribution is 0.0827. The molecule has 1 saturated heterocycles. The molecule has 0 bridgehead atoms. The van der Waals surface area contributed by atoms with Gasteiger partial charge in [0.05, 0.1) is 18.9 Å². The Bertz CT molecular complexity index is 812. The van der Waals surface area contributed by atoms with E-state index in [4.69, 9.17) is 14.1 Å². The average Bonchev–Trinajstić information content (AvgIpc) is 3.45. The van der Waals surface area contributed by atoms with Gasteiger partial charge in [0.15, 0.2) is 5.96 Å². The number of ether oxygens (including phenoxy) is 1. The van der Waals surface area contributed by atoms with Gasteiger partial charge < -0.3 is 24.7 Å². The molecule has 1 unspecified atom stereocenters. The van der Waals surface area contributed by atoms with Crippen molar-refractivity contribution in [3.63, 3.8) is 0 Å². The van der Waals surface area contributed by atoms with Crippen LogP contribution in [-0.2, 0) is 17.6 Å². The molecule has 1 aliphatic heterocycles. The van der Waals surface area contributed by atoms with Crippen LogP contribution in [0.15, 0.2) is 52.1 Å². The minimum absolute atomic E-state index is 0.0169. The van der Waals surface area contributed by atoms with Crippen LogP contribution in [0.3, 0.4) is 0 Å². The SMILES string of the molecule is CN(C)C(=O)c1cccc(CCNC(=NCC2CCCO2)NCCc2ccco2)c1. The molecule has 162 valence electrons. The lowest BCUT2D eigenvalue weighted by Crippen LogP contribution is -2.40. The number of amides is 1. The number of carbonyl (C=O) groups excluding carboxylic acids is 1. The van der Waals surface area contributed by atoms with Gasteiger partial charge in [0, 0.05) is 45.8 Å². The molecule has 2 heterocycles. The summed E-state index contributed by atoms with van der Waals surface area (Å²) in [6, 6.07) is 11.7. The molecule has 0 spiro atoms. The van der Waals surface area contributed by atoms with Crippen molar-refractivity contribution in [1.29, 1.82) is 0 Å². The first-order valence-electron chi connectivity index (χ1n) is 10.6. The lowest BCUT2D eigenvalue weighted by Gasteiger charge is -2.14. The molecule has 3 rings (SSSR count). The van der Waals surface area contributed by atoms with Crippen LogP contribution < -0.4 is 10.6 Å². The van der Waals surface area contributed by atoms with E-state index in [0.29, 0.717) is 12.1 Å². The highest BCUT2D eigenvalue weighted by Crippen LogP contribution is 2.12. The van der Waals surface area contributed by atoms with Crippen molar-refractivity contribution in [2.75, 3.05) is 40.3 Å². The third-order valence-corrected chi connectivity index (χ3v) is 5.01. The van der Waals surface area contributed by atoms with E-state index in [1.165, 1.54) is 0 Å². The molecule has 30 heavy (non-hydrogen) atoms. The molecular weight excluding hydrogens is 380 g/mol. The van der Waals surface area contributed by atoms with Crippen molar-refractivity contribution in [3.8, 4) is 0 Å². The summed E-state index contributed by atoms with van der Waals surface area (Å²) in [5.74, 6) is 1.74. The molecule has 2 aromatic rings. The maximum absolute atomic E-state index is 12.2. The Morgan fingerprint density at radius 1 is 1.17 bits per heavy atom. The summed E-state index contributed by atoms with van der Waals surface area (Å²) in [7, 11) is 3.53. The smallest absolute Gasteiger partial charge is 0.253 e.